The number of nitrogens with two attached hydrogens (primary N) is 1. The molecular weight excluding hydrogens is 278 g/mol. The summed E-state index contributed by atoms with van der Waals surface area (Å²) in [5.74, 6) is -0.646. The first-order valence-electron chi connectivity index (χ1n) is 6.12. The summed E-state index contributed by atoms with van der Waals surface area (Å²) in [5, 5.41) is 8.61. The van der Waals surface area contributed by atoms with E-state index in [1.165, 1.54) is 0 Å². The highest BCUT2D eigenvalue weighted by Gasteiger charge is 2.41. The van der Waals surface area contributed by atoms with Gasteiger partial charge in [0.15, 0.2) is 5.09 Å². The fraction of sp³-hybridized carbons (Fsp3) is 0.308. The summed E-state index contributed by atoms with van der Waals surface area (Å²) in [4.78, 5) is 22.6. The van der Waals surface area contributed by atoms with Crippen LogP contribution in [0.25, 0.3) is 0 Å². The van der Waals surface area contributed by atoms with Gasteiger partial charge in [-0.05, 0) is 19.1 Å². The minimum absolute atomic E-state index is 0.0278. The second kappa shape index (κ2) is 4.52. The van der Waals surface area contributed by atoms with Crippen LogP contribution in [-0.4, -0.2) is 28.0 Å². The average Bonchev–Trinajstić information content (AvgIpc) is 2.88. The number of ether oxygens (including phenoxy) is 1. The van der Waals surface area contributed by atoms with Crippen molar-refractivity contribution in [2.45, 2.75) is 19.3 Å². The molecule has 3 rings (SSSR count). The Morgan fingerprint density at radius 3 is 3.05 bits per heavy atom. The van der Waals surface area contributed by atoms with Crippen LogP contribution >= 0.6 is 11.8 Å². The Kier molecular flexibility index (Phi) is 2.93. The van der Waals surface area contributed by atoms with Crippen molar-refractivity contribution < 1.29 is 14.3 Å². The van der Waals surface area contributed by atoms with Crippen LogP contribution in [0.2, 0.25) is 0 Å². The molecule has 3 heterocycles. The largest absolute Gasteiger partial charge is 0.419 e. The first-order valence-corrected chi connectivity index (χ1v) is 7.11. The van der Waals surface area contributed by atoms with Crippen LogP contribution in [0.5, 0.6) is 0 Å². The van der Waals surface area contributed by atoms with E-state index in [1.807, 2.05) is 23.6 Å². The summed E-state index contributed by atoms with van der Waals surface area (Å²) in [6, 6.07) is 3.85. The van der Waals surface area contributed by atoms with Gasteiger partial charge in [0.25, 0.3) is 0 Å². The smallest absolute Gasteiger partial charge is 0.312 e. The van der Waals surface area contributed by atoms with Crippen molar-refractivity contribution >= 4 is 29.5 Å². The maximum absolute atomic E-state index is 11.7. The summed E-state index contributed by atoms with van der Waals surface area (Å²) in [7, 11) is 0. The lowest BCUT2D eigenvalue weighted by Gasteiger charge is -2.21. The standard InChI is InChI=1S/C13H13N3O3S/c1-6-2-3-8-7-4-10(18)19-13(20-5-9(14)17)11(7)12(15)16(6)8/h2-3,7,15H,4-5H2,1H3,(H2,14,17). The van der Waals surface area contributed by atoms with Gasteiger partial charge in [-0.15, -0.1) is 0 Å². The number of allylic oxidation sites excluding steroid dienone is 1. The number of rotatable bonds is 3. The molecule has 0 aliphatic carbocycles. The van der Waals surface area contributed by atoms with Gasteiger partial charge in [0.1, 0.15) is 5.84 Å². The summed E-state index contributed by atoms with van der Waals surface area (Å²) < 4.78 is 7.02. The Morgan fingerprint density at radius 1 is 1.60 bits per heavy atom. The van der Waals surface area contributed by atoms with Crippen molar-refractivity contribution in [2.24, 2.45) is 5.73 Å². The van der Waals surface area contributed by atoms with Gasteiger partial charge in [-0.2, -0.15) is 0 Å². The van der Waals surface area contributed by atoms with E-state index >= 15 is 0 Å². The highest BCUT2D eigenvalue weighted by molar-refractivity contribution is 8.03. The van der Waals surface area contributed by atoms with Crippen molar-refractivity contribution in [1.82, 2.24) is 4.57 Å². The summed E-state index contributed by atoms with van der Waals surface area (Å²) in [6.07, 6.45) is 0.224. The maximum atomic E-state index is 11.7. The number of cyclic esters (lactones) is 1. The zero-order valence-electron chi connectivity index (χ0n) is 10.8. The highest BCUT2D eigenvalue weighted by atomic mass is 32.2. The van der Waals surface area contributed by atoms with E-state index in [4.69, 9.17) is 15.9 Å². The predicted octanol–water partition coefficient (Wildman–Crippen LogP) is 1.10. The van der Waals surface area contributed by atoms with Crippen molar-refractivity contribution in [3.8, 4) is 0 Å². The van der Waals surface area contributed by atoms with E-state index in [0.717, 1.165) is 23.1 Å². The molecule has 0 fully saturated rings. The molecule has 1 atom stereocenters. The minimum Gasteiger partial charge on any atom is -0.419 e. The van der Waals surface area contributed by atoms with Crippen LogP contribution in [0.1, 0.15) is 23.7 Å². The summed E-state index contributed by atoms with van der Waals surface area (Å²) in [6.45, 7) is 1.91. The van der Waals surface area contributed by atoms with Gasteiger partial charge in [-0.25, -0.2) is 0 Å². The molecule has 7 heteroatoms. The Bertz CT molecular complexity index is 674. The number of hydrogen-bond donors (Lipinski definition) is 2. The number of primary amides is 1. The van der Waals surface area contributed by atoms with Crippen molar-refractivity contribution in [3.05, 3.63) is 34.2 Å². The quantitative estimate of drug-likeness (QED) is 0.815. The van der Waals surface area contributed by atoms with Crippen LogP contribution in [-0.2, 0) is 14.3 Å². The number of nitrogens with zero attached hydrogens (tertiary/aromatic N) is 1. The molecule has 1 aromatic heterocycles. The zero-order chi connectivity index (χ0) is 14.4. The fourth-order valence-corrected chi connectivity index (χ4v) is 3.45. The lowest BCUT2D eigenvalue weighted by molar-refractivity contribution is -0.139. The van der Waals surface area contributed by atoms with Crippen LogP contribution in [0.3, 0.4) is 0 Å². The summed E-state index contributed by atoms with van der Waals surface area (Å²) in [5.41, 5.74) is 7.67. The van der Waals surface area contributed by atoms with E-state index in [0.29, 0.717) is 16.5 Å². The number of nitrogens with one attached hydrogen (secondary N) is 1. The van der Waals surface area contributed by atoms with Crippen molar-refractivity contribution in [3.63, 3.8) is 0 Å². The molecule has 0 spiro atoms. The molecule has 1 unspecified atom stereocenters. The maximum Gasteiger partial charge on any atom is 0.312 e. The molecule has 2 aliphatic heterocycles. The molecular formula is C13H13N3O3S. The van der Waals surface area contributed by atoms with Gasteiger partial charge in [0.2, 0.25) is 5.91 Å². The third-order valence-electron chi connectivity index (χ3n) is 3.43. The van der Waals surface area contributed by atoms with E-state index in [2.05, 4.69) is 0 Å². The zero-order valence-corrected chi connectivity index (χ0v) is 11.6. The fourth-order valence-electron chi connectivity index (χ4n) is 2.63. The molecule has 0 saturated carbocycles. The number of carbonyl (C=O) groups is 2. The lowest BCUT2D eigenvalue weighted by atomic mass is 9.94. The molecule has 0 saturated heterocycles. The second-order valence-electron chi connectivity index (χ2n) is 4.77. The summed E-state index contributed by atoms with van der Waals surface area (Å²) >= 11 is 1.08. The third-order valence-corrected chi connectivity index (χ3v) is 4.43. The van der Waals surface area contributed by atoms with E-state index in [9.17, 15) is 9.59 Å². The molecule has 0 bridgehead atoms. The Labute approximate surface area is 119 Å². The number of thioether (sulfide) groups is 1. The first-order chi connectivity index (χ1) is 9.49. The molecule has 20 heavy (non-hydrogen) atoms. The topological polar surface area (TPSA) is 98.2 Å². The average molecular weight is 291 g/mol. The molecule has 6 nitrogen and oxygen atoms in total. The molecule has 1 amide bonds. The molecule has 0 radical (unpaired) electrons. The molecule has 0 aromatic carbocycles. The number of amides is 1. The van der Waals surface area contributed by atoms with Crippen molar-refractivity contribution in [1.29, 1.82) is 5.41 Å². The Balaban J connectivity index is 2.06. The normalized spacial score (nSPS) is 20.8. The Morgan fingerprint density at radius 2 is 2.35 bits per heavy atom. The number of hydrogen-bond acceptors (Lipinski definition) is 5. The van der Waals surface area contributed by atoms with Gasteiger partial charge in [-0.1, -0.05) is 11.8 Å². The number of aromatic nitrogens is 1. The lowest BCUT2D eigenvalue weighted by Crippen LogP contribution is -2.21. The number of fused-ring (bicyclic) bond motifs is 3. The van der Waals surface area contributed by atoms with E-state index in [1.54, 1.807) is 0 Å². The van der Waals surface area contributed by atoms with Gasteiger partial charge in [-0.3, -0.25) is 15.0 Å². The first kappa shape index (κ1) is 13.0. The molecule has 1 aromatic rings. The number of esters is 1. The molecule has 104 valence electrons. The van der Waals surface area contributed by atoms with E-state index in [-0.39, 0.29) is 24.1 Å². The molecule has 3 N–H and O–H groups in total. The second-order valence-corrected chi connectivity index (χ2v) is 5.72. The minimum atomic E-state index is -0.485. The van der Waals surface area contributed by atoms with Crippen LogP contribution in [0.4, 0.5) is 0 Å². The highest BCUT2D eigenvalue weighted by Crippen LogP contribution is 2.44. The number of aryl methyl sites for hydroxylation is 1. The van der Waals surface area contributed by atoms with Gasteiger partial charge in [0, 0.05) is 17.3 Å². The SMILES string of the molecule is Cc1ccc2n1C(=N)C1=C(SCC(N)=O)OC(=O)CC12. The van der Waals surface area contributed by atoms with Gasteiger partial charge in [0.05, 0.1) is 17.7 Å². The van der Waals surface area contributed by atoms with Crippen molar-refractivity contribution in [2.75, 3.05) is 5.75 Å². The van der Waals surface area contributed by atoms with Gasteiger partial charge >= 0.3 is 5.97 Å². The third kappa shape index (κ3) is 1.85. The van der Waals surface area contributed by atoms with Crippen LogP contribution < -0.4 is 5.73 Å². The van der Waals surface area contributed by atoms with Crippen LogP contribution in [0.15, 0.2) is 22.8 Å². The Hall–Kier alpha value is -2.02. The van der Waals surface area contributed by atoms with Gasteiger partial charge < -0.3 is 15.0 Å². The van der Waals surface area contributed by atoms with E-state index < -0.39 is 5.91 Å². The monoisotopic (exact) mass is 291 g/mol. The predicted molar refractivity (Wildman–Crippen MR) is 74.4 cm³/mol. The molecule has 2 aliphatic rings. The number of carbonyl (C=O) groups excluding carboxylic acids is 2. The van der Waals surface area contributed by atoms with Crippen LogP contribution in [0, 0.1) is 12.3 Å².